The minimum absolute atomic E-state index is 0.584. The topological polar surface area (TPSA) is 32.5 Å². The van der Waals surface area contributed by atoms with Crippen molar-refractivity contribution in [1.82, 2.24) is 4.90 Å². The van der Waals surface area contributed by atoms with Crippen LogP contribution in [-0.4, -0.2) is 43.7 Å². The zero-order valence-electron chi connectivity index (χ0n) is 12.7. The largest absolute Gasteiger partial charge is 0.368 e. The van der Waals surface area contributed by atoms with Gasteiger partial charge in [0.05, 0.1) is 10.7 Å². The molecule has 0 bridgehead atoms. The molecule has 2 aliphatic rings. The lowest BCUT2D eigenvalue weighted by Gasteiger charge is -2.42. The number of piperazine rings is 1. The summed E-state index contributed by atoms with van der Waals surface area (Å²) in [5.74, 6) is 0.821. The number of benzene rings is 1. The summed E-state index contributed by atoms with van der Waals surface area (Å²) in [5.41, 5.74) is 7.25. The van der Waals surface area contributed by atoms with Gasteiger partial charge >= 0.3 is 0 Å². The van der Waals surface area contributed by atoms with E-state index in [9.17, 15) is 0 Å². The van der Waals surface area contributed by atoms with Crippen molar-refractivity contribution in [2.45, 2.75) is 31.7 Å². The Morgan fingerprint density at radius 2 is 1.76 bits per heavy atom. The van der Waals surface area contributed by atoms with Gasteiger partial charge in [-0.1, -0.05) is 36.6 Å². The van der Waals surface area contributed by atoms with Crippen molar-refractivity contribution in [3.8, 4) is 0 Å². The molecule has 1 aromatic rings. The molecule has 1 saturated carbocycles. The van der Waals surface area contributed by atoms with Gasteiger partial charge in [-0.2, -0.15) is 0 Å². The van der Waals surface area contributed by atoms with Crippen LogP contribution in [0.4, 0.5) is 5.69 Å². The predicted octanol–water partition coefficient (Wildman–Crippen LogP) is 2.98. The summed E-state index contributed by atoms with van der Waals surface area (Å²) in [6, 6.07) is 8.74. The summed E-state index contributed by atoms with van der Waals surface area (Å²) in [4.78, 5) is 5.02. The smallest absolute Gasteiger partial charge is 0.0639 e. The van der Waals surface area contributed by atoms with E-state index in [0.717, 1.165) is 43.7 Å². The van der Waals surface area contributed by atoms with Crippen LogP contribution in [0.5, 0.6) is 0 Å². The van der Waals surface area contributed by atoms with Gasteiger partial charge < -0.3 is 10.6 Å². The normalized spacial score (nSPS) is 22.7. The molecule has 1 aliphatic carbocycles. The lowest BCUT2D eigenvalue weighted by Crippen LogP contribution is -2.54. The first-order valence-corrected chi connectivity index (χ1v) is 8.61. The Labute approximate surface area is 133 Å². The first-order valence-electron chi connectivity index (χ1n) is 8.23. The average Bonchev–Trinajstić information content (AvgIpc) is 3.04. The molecule has 1 atom stereocenters. The lowest BCUT2D eigenvalue weighted by molar-refractivity contribution is 0.139. The van der Waals surface area contributed by atoms with E-state index in [-0.39, 0.29) is 0 Å². The Morgan fingerprint density at radius 1 is 1.10 bits per heavy atom. The molecule has 0 radical (unpaired) electrons. The van der Waals surface area contributed by atoms with Crippen LogP contribution in [-0.2, 0) is 0 Å². The van der Waals surface area contributed by atoms with E-state index in [0.29, 0.717) is 6.04 Å². The maximum atomic E-state index is 6.31. The fourth-order valence-electron chi connectivity index (χ4n) is 3.98. The van der Waals surface area contributed by atoms with Crippen LogP contribution < -0.4 is 10.6 Å². The third-order valence-corrected chi connectivity index (χ3v) is 5.48. The monoisotopic (exact) mass is 307 g/mol. The van der Waals surface area contributed by atoms with Gasteiger partial charge in [0.15, 0.2) is 0 Å². The average molecular weight is 308 g/mol. The first kappa shape index (κ1) is 15.1. The number of hydrogen-bond donors (Lipinski definition) is 1. The second kappa shape index (κ2) is 6.99. The Bertz CT molecular complexity index is 451. The summed E-state index contributed by atoms with van der Waals surface area (Å²) >= 11 is 6.31. The molecular weight excluding hydrogens is 282 g/mol. The number of halogens is 1. The molecule has 2 N–H and O–H groups in total. The summed E-state index contributed by atoms with van der Waals surface area (Å²) in [5, 5.41) is 0.858. The fraction of sp³-hybridized carbons (Fsp3) is 0.647. The number of hydrogen-bond acceptors (Lipinski definition) is 3. The van der Waals surface area contributed by atoms with E-state index in [1.807, 2.05) is 12.1 Å². The number of nitrogens with zero attached hydrogens (tertiary/aromatic N) is 2. The first-order chi connectivity index (χ1) is 10.3. The Morgan fingerprint density at radius 3 is 2.38 bits per heavy atom. The molecule has 3 rings (SSSR count). The fourth-order valence-corrected chi connectivity index (χ4v) is 4.24. The highest BCUT2D eigenvalue weighted by atomic mass is 35.5. The van der Waals surface area contributed by atoms with Crippen LogP contribution in [0.3, 0.4) is 0 Å². The highest BCUT2D eigenvalue weighted by molar-refractivity contribution is 6.33. The lowest BCUT2D eigenvalue weighted by atomic mass is 9.96. The third kappa shape index (κ3) is 3.36. The Kier molecular flexibility index (Phi) is 5.04. The molecule has 1 heterocycles. The Balaban J connectivity index is 1.60. The molecule has 116 valence electrons. The van der Waals surface area contributed by atoms with E-state index in [2.05, 4.69) is 21.9 Å². The van der Waals surface area contributed by atoms with E-state index in [1.165, 1.54) is 31.4 Å². The van der Waals surface area contributed by atoms with Crippen LogP contribution in [0.25, 0.3) is 0 Å². The molecule has 2 fully saturated rings. The van der Waals surface area contributed by atoms with Gasteiger partial charge in [-0.25, -0.2) is 0 Å². The van der Waals surface area contributed by atoms with Crippen molar-refractivity contribution in [3.05, 3.63) is 29.3 Å². The van der Waals surface area contributed by atoms with Gasteiger partial charge in [-0.05, 0) is 30.9 Å². The second-order valence-corrected chi connectivity index (χ2v) is 6.73. The third-order valence-electron chi connectivity index (χ3n) is 5.16. The van der Waals surface area contributed by atoms with Crippen LogP contribution in [0, 0.1) is 5.92 Å². The van der Waals surface area contributed by atoms with E-state index < -0.39 is 0 Å². The van der Waals surface area contributed by atoms with Gasteiger partial charge in [0.25, 0.3) is 0 Å². The summed E-state index contributed by atoms with van der Waals surface area (Å²) in [7, 11) is 0. The molecule has 1 saturated heterocycles. The Hall–Kier alpha value is -0.770. The maximum Gasteiger partial charge on any atom is 0.0639 e. The van der Waals surface area contributed by atoms with Crippen molar-refractivity contribution in [2.24, 2.45) is 11.7 Å². The van der Waals surface area contributed by atoms with Crippen molar-refractivity contribution >= 4 is 17.3 Å². The minimum Gasteiger partial charge on any atom is -0.368 e. The number of nitrogens with two attached hydrogens (primary N) is 1. The quantitative estimate of drug-likeness (QED) is 0.928. The molecule has 1 unspecified atom stereocenters. The van der Waals surface area contributed by atoms with Gasteiger partial charge in [-0.15, -0.1) is 0 Å². The van der Waals surface area contributed by atoms with Crippen molar-refractivity contribution in [3.63, 3.8) is 0 Å². The molecule has 0 spiro atoms. The number of para-hydroxylation sites is 1. The molecular formula is C17H26ClN3. The number of rotatable bonds is 4. The van der Waals surface area contributed by atoms with Crippen LogP contribution >= 0.6 is 11.6 Å². The van der Waals surface area contributed by atoms with E-state index in [4.69, 9.17) is 17.3 Å². The van der Waals surface area contributed by atoms with Crippen molar-refractivity contribution in [2.75, 3.05) is 37.6 Å². The second-order valence-electron chi connectivity index (χ2n) is 6.32. The number of anilines is 1. The van der Waals surface area contributed by atoms with Gasteiger partial charge in [0.1, 0.15) is 0 Å². The molecule has 1 aliphatic heterocycles. The van der Waals surface area contributed by atoms with Gasteiger partial charge in [0.2, 0.25) is 0 Å². The molecule has 3 nitrogen and oxygen atoms in total. The summed E-state index contributed by atoms with van der Waals surface area (Å²) in [6.45, 7) is 5.10. The predicted molar refractivity (Wildman–Crippen MR) is 90.0 cm³/mol. The zero-order valence-corrected chi connectivity index (χ0v) is 13.4. The molecule has 1 aromatic carbocycles. The van der Waals surface area contributed by atoms with Crippen molar-refractivity contribution in [1.29, 1.82) is 0 Å². The highest BCUT2D eigenvalue weighted by Crippen LogP contribution is 2.31. The van der Waals surface area contributed by atoms with Gasteiger partial charge in [-0.3, -0.25) is 4.90 Å². The molecule has 0 aromatic heterocycles. The molecule has 21 heavy (non-hydrogen) atoms. The zero-order chi connectivity index (χ0) is 14.7. The summed E-state index contributed by atoms with van der Waals surface area (Å²) in [6.07, 6.45) is 5.51. The molecule has 0 amide bonds. The molecule has 4 heteroatoms. The highest BCUT2D eigenvalue weighted by Gasteiger charge is 2.31. The van der Waals surface area contributed by atoms with Crippen LogP contribution in [0.1, 0.15) is 25.7 Å². The maximum absolute atomic E-state index is 6.31. The summed E-state index contributed by atoms with van der Waals surface area (Å²) < 4.78 is 0. The van der Waals surface area contributed by atoms with Crippen LogP contribution in [0.2, 0.25) is 5.02 Å². The van der Waals surface area contributed by atoms with Gasteiger partial charge in [0, 0.05) is 38.8 Å². The van der Waals surface area contributed by atoms with E-state index >= 15 is 0 Å². The van der Waals surface area contributed by atoms with Crippen LogP contribution in [0.15, 0.2) is 24.3 Å². The van der Waals surface area contributed by atoms with Crippen molar-refractivity contribution < 1.29 is 0 Å². The SMILES string of the molecule is NCC(C1CCCC1)N1CCN(c2ccccc2Cl)CC1. The van der Waals surface area contributed by atoms with E-state index in [1.54, 1.807) is 0 Å². The standard InChI is InChI=1S/C17H26ClN3/c18-15-7-3-4-8-16(15)20-9-11-21(12-10-20)17(13-19)14-5-1-2-6-14/h3-4,7-8,14,17H,1-2,5-6,9-13,19H2. The minimum atomic E-state index is 0.584.